The highest BCUT2D eigenvalue weighted by molar-refractivity contribution is 7.99. The van der Waals surface area contributed by atoms with E-state index >= 15 is 0 Å². The Kier molecular flexibility index (Phi) is 5.44. The smallest absolute Gasteiger partial charge is 0.261 e. The van der Waals surface area contributed by atoms with E-state index < -0.39 is 0 Å². The van der Waals surface area contributed by atoms with E-state index in [2.05, 4.69) is 34.5 Å². The maximum absolute atomic E-state index is 13.2. The number of amides is 1. The molecule has 0 aliphatic rings. The van der Waals surface area contributed by atoms with Gasteiger partial charge in [-0.1, -0.05) is 71.9 Å². The van der Waals surface area contributed by atoms with Gasteiger partial charge in [-0.2, -0.15) is 5.10 Å². The summed E-state index contributed by atoms with van der Waals surface area (Å²) in [5.41, 5.74) is 4.79. The first kappa shape index (κ1) is 20.0. The predicted octanol–water partition coefficient (Wildman–Crippen LogP) is 6.11. The summed E-state index contributed by atoms with van der Waals surface area (Å²) in [4.78, 5) is 19.7. The lowest BCUT2D eigenvalue weighted by atomic mass is 10.1. The number of rotatable bonds is 5. The number of carbonyl (C=O) groups is 1. The van der Waals surface area contributed by atoms with E-state index in [0.29, 0.717) is 11.2 Å². The fraction of sp³-hybridized carbons (Fsp3) is 0.0385. The molecular weight excluding hydrogens is 416 g/mol. The van der Waals surface area contributed by atoms with Crippen LogP contribution in [0, 0.1) is 6.92 Å². The Labute approximate surface area is 190 Å². The van der Waals surface area contributed by atoms with Crippen LogP contribution in [0.15, 0.2) is 107 Å². The minimum absolute atomic E-state index is 0.241. The van der Waals surface area contributed by atoms with Crippen molar-refractivity contribution in [3.05, 3.63) is 108 Å². The van der Waals surface area contributed by atoms with E-state index in [-0.39, 0.29) is 5.91 Å². The van der Waals surface area contributed by atoms with Gasteiger partial charge < -0.3 is 5.32 Å². The van der Waals surface area contributed by atoms with E-state index in [1.807, 2.05) is 72.8 Å². The number of carbonyl (C=O) groups excluding carboxylic acids is 1. The van der Waals surface area contributed by atoms with Gasteiger partial charge in [0.25, 0.3) is 5.91 Å². The number of benzene rings is 3. The zero-order valence-electron chi connectivity index (χ0n) is 17.4. The summed E-state index contributed by atoms with van der Waals surface area (Å²) in [6, 6.07) is 28.0. The van der Waals surface area contributed by atoms with Crippen LogP contribution in [0.1, 0.15) is 15.9 Å². The number of hydrogen-bond acceptors (Lipinski definition) is 4. The lowest BCUT2D eigenvalue weighted by Crippen LogP contribution is -2.12. The average molecular weight is 437 g/mol. The molecule has 0 saturated heterocycles. The Morgan fingerprint density at radius 1 is 0.906 bits per heavy atom. The molecule has 0 unspecified atom stereocenters. The van der Waals surface area contributed by atoms with Crippen LogP contribution in [-0.2, 0) is 0 Å². The third kappa shape index (κ3) is 4.00. The normalized spacial score (nSPS) is 10.9. The molecule has 2 aromatic heterocycles. The topological polar surface area (TPSA) is 59.3 Å². The SMILES string of the molecule is Cc1ccc(-c2ccnc3c(C(=O)Nc4ccccc4Sc4ccccc4)cnn23)cc1. The van der Waals surface area contributed by atoms with Crippen LogP contribution in [-0.4, -0.2) is 20.5 Å². The van der Waals surface area contributed by atoms with Gasteiger partial charge in [-0.05, 0) is 37.3 Å². The summed E-state index contributed by atoms with van der Waals surface area (Å²) in [7, 11) is 0. The second-order valence-electron chi connectivity index (χ2n) is 7.36. The molecule has 0 atom stereocenters. The van der Waals surface area contributed by atoms with E-state index in [1.165, 1.54) is 5.56 Å². The molecule has 1 N–H and O–H groups in total. The number of nitrogens with one attached hydrogen (secondary N) is 1. The molecule has 0 bridgehead atoms. The molecule has 5 nitrogen and oxygen atoms in total. The summed E-state index contributed by atoms with van der Waals surface area (Å²) in [5, 5.41) is 7.50. The van der Waals surface area contributed by atoms with Gasteiger partial charge in [-0.3, -0.25) is 4.79 Å². The van der Waals surface area contributed by atoms with Crippen molar-refractivity contribution in [3.8, 4) is 11.3 Å². The zero-order valence-corrected chi connectivity index (χ0v) is 18.2. The maximum atomic E-state index is 13.2. The highest BCUT2D eigenvalue weighted by Crippen LogP contribution is 2.33. The molecule has 1 amide bonds. The number of aryl methyl sites for hydroxylation is 1. The largest absolute Gasteiger partial charge is 0.321 e. The highest BCUT2D eigenvalue weighted by atomic mass is 32.2. The van der Waals surface area contributed by atoms with E-state index in [9.17, 15) is 4.79 Å². The Morgan fingerprint density at radius 3 is 2.47 bits per heavy atom. The van der Waals surface area contributed by atoms with Crippen LogP contribution in [0.3, 0.4) is 0 Å². The first-order valence-electron chi connectivity index (χ1n) is 10.2. The van der Waals surface area contributed by atoms with Crippen molar-refractivity contribution in [2.24, 2.45) is 0 Å². The molecule has 6 heteroatoms. The average Bonchev–Trinajstić information content (AvgIpc) is 3.26. The summed E-state index contributed by atoms with van der Waals surface area (Å²) in [6.07, 6.45) is 3.28. The highest BCUT2D eigenvalue weighted by Gasteiger charge is 2.17. The second-order valence-corrected chi connectivity index (χ2v) is 8.47. The molecule has 3 aromatic carbocycles. The zero-order chi connectivity index (χ0) is 21.9. The lowest BCUT2D eigenvalue weighted by Gasteiger charge is -2.10. The summed E-state index contributed by atoms with van der Waals surface area (Å²) in [6.45, 7) is 2.05. The molecule has 0 aliphatic carbocycles. The quantitative estimate of drug-likeness (QED) is 0.361. The number of aromatic nitrogens is 3. The summed E-state index contributed by atoms with van der Waals surface area (Å²) < 4.78 is 1.71. The molecule has 32 heavy (non-hydrogen) atoms. The van der Waals surface area contributed by atoms with Crippen molar-refractivity contribution >= 4 is 29.0 Å². The van der Waals surface area contributed by atoms with Crippen LogP contribution in [0.4, 0.5) is 5.69 Å². The summed E-state index contributed by atoms with van der Waals surface area (Å²) >= 11 is 1.61. The van der Waals surface area contributed by atoms with Gasteiger partial charge in [0.05, 0.1) is 17.6 Å². The van der Waals surface area contributed by atoms with Crippen LogP contribution >= 0.6 is 11.8 Å². The van der Waals surface area contributed by atoms with Gasteiger partial charge in [-0.25, -0.2) is 9.50 Å². The minimum Gasteiger partial charge on any atom is -0.321 e. The van der Waals surface area contributed by atoms with Gasteiger partial charge in [0.2, 0.25) is 0 Å². The van der Waals surface area contributed by atoms with Gasteiger partial charge in [0, 0.05) is 21.6 Å². The second kappa shape index (κ2) is 8.69. The number of fused-ring (bicyclic) bond motifs is 1. The molecule has 156 valence electrons. The Hall–Kier alpha value is -3.90. The first-order valence-corrected chi connectivity index (χ1v) is 11.0. The Bertz CT molecular complexity index is 1390. The van der Waals surface area contributed by atoms with E-state index in [1.54, 1.807) is 28.7 Å². The number of anilines is 1. The van der Waals surface area contributed by atoms with E-state index in [4.69, 9.17) is 0 Å². The number of nitrogens with zero attached hydrogens (tertiary/aromatic N) is 3. The van der Waals surface area contributed by atoms with Gasteiger partial charge in [-0.15, -0.1) is 0 Å². The van der Waals surface area contributed by atoms with Gasteiger partial charge in [0.1, 0.15) is 5.56 Å². The third-order valence-electron chi connectivity index (χ3n) is 5.10. The van der Waals surface area contributed by atoms with Crippen molar-refractivity contribution in [2.45, 2.75) is 16.7 Å². The van der Waals surface area contributed by atoms with Crippen molar-refractivity contribution in [2.75, 3.05) is 5.32 Å². The van der Waals surface area contributed by atoms with Crippen LogP contribution in [0.2, 0.25) is 0 Å². The van der Waals surface area contributed by atoms with Crippen molar-refractivity contribution in [1.29, 1.82) is 0 Å². The van der Waals surface area contributed by atoms with Gasteiger partial charge >= 0.3 is 0 Å². The molecule has 0 saturated carbocycles. The standard InChI is InChI=1S/C26H20N4OS/c1-18-11-13-19(14-12-18)23-15-16-27-25-21(17-28-30(23)25)26(31)29-22-9-5-6-10-24(22)32-20-7-3-2-4-8-20/h2-17H,1H3,(H,29,31). The maximum Gasteiger partial charge on any atom is 0.261 e. The number of para-hydroxylation sites is 1. The van der Waals surface area contributed by atoms with Crippen molar-refractivity contribution in [1.82, 2.24) is 14.6 Å². The van der Waals surface area contributed by atoms with Crippen LogP contribution in [0.25, 0.3) is 16.9 Å². The Balaban J connectivity index is 1.45. The van der Waals surface area contributed by atoms with Gasteiger partial charge in [0.15, 0.2) is 5.65 Å². The molecule has 0 radical (unpaired) electrons. The monoisotopic (exact) mass is 436 g/mol. The van der Waals surface area contributed by atoms with Crippen LogP contribution < -0.4 is 5.32 Å². The summed E-state index contributed by atoms with van der Waals surface area (Å²) in [5.74, 6) is -0.241. The molecule has 0 aliphatic heterocycles. The van der Waals surface area contributed by atoms with Crippen LogP contribution in [0.5, 0.6) is 0 Å². The van der Waals surface area contributed by atoms with Crippen molar-refractivity contribution < 1.29 is 4.79 Å². The minimum atomic E-state index is -0.241. The third-order valence-corrected chi connectivity index (χ3v) is 6.18. The molecule has 5 rings (SSSR count). The fourth-order valence-corrected chi connectivity index (χ4v) is 4.38. The Morgan fingerprint density at radius 2 is 1.66 bits per heavy atom. The lowest BCUT2D eigenvalue weighted by molar-refractivity contribution is 0.102. The van der Waals surface area contributed by atoms with Crippen molar-refractivity contribution in [3.63, 3.8) is 0 Å². The molecule has 0 fully saturated rings. The fourth-order valence-electron chi connectivity index (χ4n) is 3.46. The molecular formula is C26H20N4OS. The predicted molar refractivity (Wildman–Crippen MR) is 128 cm³/mol. The number of hydrogen-bond donors (Lipinski definition) is 1. The molecule has 2 heterocycles. The van der Waals surface area contributed by atoms with E-state index in [0.717, 1.165) is 26.7 Å². The first-order chi connectivity index (χ1) is 15.7. The molecule has 0 spiro atoms. The molecule has 5 aromatic rings.